The first-order valence-electron chi connectivity index (χ1n) is 4.75. The summed E-state index contributed by atoms with van der Waals surface area (Å²) < 4.78 is 6.53. The summed E-state index contributed by atoms with van der Waals surface area (Å²) in [6.07, 6.45) is 1.44. The number of aliphatic hydroxyl groups excluding tert-OH is 1. The Bertz CT molecular complexity index is 256. The summed E-state index contributed by atoms with van der Waals surface area (Å²) in [5.41, 5.74) is 0. The van der Waals surface area contributed by atoms with Crippen LogP contribution < -0.4 is 4.74 Å². The van der Waals surface area contributed by atoms with E-state index in [0.29, 0.717) is 6.61 Å². The highest BCUT2D eigenvalue weighted by Gasteiger charge is 1.96. The van der Waals surface area contributed by atoms with Gasteiger partial charge in [0, 0.05) is 4.47 Å². The van der Waals surface area contributed by atoms with Gasteiger partial charge in [-0.15, -0.1) is 0 Å². The van der Waals surface area contributed by atoms with Crippen LogP contribution in [0.3, 0.4) is 0 Å². The lowest BCUT2D eigenvalue weighted by atomic mass is 10.2. The molecule has 0 heterocycles. The van der Waals surface area contributed by atoms with Gasteiger partial charge in [-0.2, -0.15) is 0 Å². The zero-order chi connectivity index (χ0) is 10.4. The highest BCUT2D eigenvalue weighted by molar-refractivity contribution is 9.10. The second-order valence-corrected chi connectivity index (χ2v) is 4.21. The zero-order valence-corrected chi connectivity index (χ0v) is 9.83. The van der Waals surface area contributed by atoms with Crippen molar-refractivity contribution >= 4 is 15.9 Å². The van der Waals surface area contributed by atoms with Gasteiger partial charge in [-0.05, 0) is 44.0 Å². The first-order chi connectivity index (χ1) is 6.68. The second-order valence-electron chi connectivity index (χ2n) is 3.29. The van der Waals surface area contributed by atoms with Gasteiger partial charge >= 0.3 is 0 Å². The first kappa shape index (κ1) is 11.5. The smallest absolute Gasteiger partial charge is 0.119 e. The fourth-order valence-corrected chi connectivity index (χ4v) is 1.36. The molecule has 0 radical (unpaired) electrons. The predicted molar refractivity (Wildman–Crippen MR) is 60.6 cm³/mol. The number of ether oxygens (including phenoxy) is 1. The van der Waals surface area contributed by atoms with Gasteiger partial charge in [0.2, 0.25) is 0 Å². The van der Waals surface area contributed by atoms with Crippen LogP contribution >= 0.6 is 15.9 Å². The molecular formula is C11H15BrO2. The van der Waals surface area contributed by atoms with Crippen LogP contribution in [-0.4, -0.2) is 17.8 Å². The van der Waals surface area contributed by atoms with E-state index in [1.165, 1.54) is 0 Å². The minimum atomic E-state index is -0.233. The van der Waals surface area contributed by atoms with E-state index in [-0.39, 0.29) is 6.10 Å². The van der Waals surface area contributed by atoms with Crippen molar-refractivity contribution in [3.8, 4) is 5.75 Å². The highest BCUT2D eigenvalue weighted by atomic mass is 79.9. The summed E-state index contributed by atoms with van der Waals surface area (Å²) in [5, 5.41) is 9.02. The molecule has 0 aliphatic carbocycles. The number of hydrogen-bond donors (Lipinski definition) is 1. The van der Waals surface area contributed by atoms with Gasteiger partial charge in [0.25, 0.3) is 0 Å². The van der Waals surface area contributed by atoms with Crippen molar-refractivity contribution in [2.24, 2.45) is 0 Å². The van der Waals surface area contributed by atoms with Gasteiger partial charge in [0.05, 0.1) is 12.7 Å². The average Bonchev–Trinajstić information content (AvgIpc) is 2.15. The van der Waals surface area contributed by atoms with Crippen molar-refractivity contribution in [2.75, 3.05) is 6.61 Å². The molecule has 3 heteroatoms. The minimum Gasteiger partial charge on any atom is -0.494 e. The topological polar surface area (TPSA) is 29.5 Å². The molecule has 14 heavy (non-hydrogen) atoms. The van der Waals surface area contributed by atoms with Gasteiger partial charge < -0.3 is 9.84 Å². The van der Waals surface area contributed by atoms with Crippen molar-refractivity contribution in [1.82, 2.24) is 0 Å². The summed E-state index contributed by atoms with van der Waals surface area (Å²) in [7, 11) is 0. The van der Waals surface area contributed by atoms with Crippen LogP contribution in [0, 0.1) is 0 Å². The van der Waals surface area contributed by atoms with E-state index in [1.807, 2.05) is 24.3 Å². The molecule has 0 saturated heterocycles. The normalized spacial score (nSPS) is 12.5. The summed E-state index contributed by atoms with van der Waals surface area (Å²) >= 11 is 3.36. The van der Waals surface area contributed by atoms with E-state index < -0.39 is 0 Å². The Kier molecular flexibility index (Phi) is 4.98. The van der Waals surface area contributed by atoms with Crippen LogP contribution in [0.15, 0.2) is 28.7 Å². The molecule has 1 atom stereocenters. The molecule has 0 aliphatic rings. The third-order valence-corrected chi connectivity index (χ3v) is 2.38. The maximum absolute atomic E-state index is 9.02. The van der Waals surface area contributed by atoms with Gasteiger partial charge in [-0.3, -0.25) is 0 Å². The number of halogens is 1. The first-order valence-corrected chi connectivity index (χ1v) is 5.54. The summed E-state index contributed by atoms with van der Waals surface area (Å²) in [5.74, 6) is 0.874. The van der Waals surface area contributed by atoms with Crippen molar-refractivity contribution in [1.29, 1.82) is 0 Å². The molecule has 1 aromatic carbocycles. The molecule has 1 N–H and O–H groups in total. The van der Waals surface area contributed by atoms with E-state index in [9.17, 15) is 0 Å². The predicted octanol–water partition coefficient (Wildman–Crippen LogP) is 2.99. The lowest BCUT2D eigenvalue weighted by molar-refractivity contribution is 0.170. The number of hydrogen-bond acceptors (Lipinski definition) is 2. The van der Waals surface area contributed by atoms with Crippen LogP contribution in [0.2, 0.25) is 0 Å². The largest absolute Gasteiger partial charge is 0.494 e. The lowest BCUT2D eigenvalue weighted by Gasteiger charge is -2.07. The number of rotatable bonds is 5. The number of benzene rings is 1. The molecule has 0 aromatic heterocycles. The Morgan fingerprint density at radius 1 is 1.36 bits per heavy atom. The Labute approximate surface area is 93.0 Å². The van der Waals surface area contributed by atoms with E-state index >= 15 is 0 Å². The van der Waals surface area contributed by atoms with Gasteiger partial charge in [0.15, 0.2) is 0 Å². The van der Waals surface area contributed by atoms with E-state index in [1.54, 1.807) is 6.92 Å². The average molecular weight is 259 g/mol. The van der Waals surface area contributed by atoms with E-state index in [0.717, 1.165) is 23.1 Å². The SMILES string of the molecule is CC(O)CCCOc1ccc(Br)cc1. The van der Waals surface area contributed by atoms with Crippen molar-refractivity contribution in [3.05, 3.63) is 28.7 Å². The minimum absolute atomic E-state index is 0.233. The van der Waals surface area contributed by atoms with Crippen molar-refractivity contribution in [3.63, 3.8) is 0 Å². The molecule has 0 amide bonds. The molecular weight excluding hydrogens is 244 g/mol. The molecule has 78 valence electrons. The summed E-state index contributed by atoms with van der Waals surface area (Å²) in [6.45, 7) is 2.45. The third-order valence-electron chi connectivity index (χ3n) is 1.85. The zero-order valence-electron chi connectivity index (χ0n) is 8.24. The molecule has 0 bridgehead atoms. The van der Waals surface area contributed by atoms with Crippen molar-refractivity contribution < 1.29 is 9.84 Å². The number of aliphatic hydroxyl groups is 1. The van der Waals surface area contributed by atoms with Crippen LogP contribution in [0.5, 0.6) is 5.75 Å². The Morgan fingerprint density at radius 2 is 2.00 bits per heavy atom. The summed E-state index contributed by atoms with van der Waals surface area (Å²) in [4.78, 5) is 0. The monoisotopic (exact) mass is 258 g/mol. The lowest BCUT2D eigenvalue weighted by Crippen LogP contribution is -2.04. The third kappa shape index (κ3) is 4.63. The van der Waals surface area contributed by atoms with E-state index in [2.05, 4.69) is 15.9 Å². The Hall–Kier alpha value is -0.540. The maximum Gasteiger partial charge on any atom is 0.119 e. The van der Waals surface area contributed by atoms with Gasteiger partial charge in [-0.1, -0.05) is 15.9 Å². The van der Waals surface area contributed by atoms with Crippen LogP contribution in [0.25, 0.3) is 0 Å². The fraction of sp³-hybridized carbons (Fsp3) is 0.455. The molecule has 1 aromatic rings. The molecule has 2 nitrogen and oxygen atoms in total. The van der Waals surface area contributed by atoms with Crippen LogP contribution in [0.1, 0.15) is 19.8 Å². The maximum atomic E-state index is 9.02. The Balaban J connectivity index is 2.21. The molecule has 0 fully saturated rings. The van der Waals surface area contributed by atoms with Crippen LogP contribution in [-0.2, 0) is 0 Å². The summed E-state index contributed by atoms with van der Waals surface area (Å²) in [6, 6.07) is 7.74. The molecule has 0 spiro atoms. The Morgan fingerprint density at radius 3 is 2.57 bits per heavy atom. The fourth-order valence-electron chi connectivity index (χ4n) is 1.10. The molecule has 0 saturated carbocycles. The quantitative estimate of drug-likeness (QED) is 0.824. The molecule has 0 aliphatic heterocycles. The van der Waals surface area contributed by atoms with Crippen LogP contribution in [0.4, 0.5) is 0 Å². The molecule has 1 rings (SSSR count). The van der Waals surface area contributed by atoms with Gasteiger partial charge in [-0.25, -0.2) is 0 Å². The highest BCUT2D eigenvalue weighted by Crippen LogP contribution is 2.16. The van der Waals surface area contributed by atoms with E-state index in [4.69, 9.17) is 9.84 Å². The second kappa shape index (κ2) is 6.04. The standard InChI is InChI=1S/C11H15BrO2/c1-9(13)3-2-8-14-11-6-4-10(12)5-7-11/h4-7,9,13H,2-3,8H2,1H3. The van der Waals surface area contributed by atoms with Gasteiger partial charge in [0.1, 0.15) is 5.75 Å². The van der Waals surface area contributed by atoms with Crippen molar-refractivity contribution in [2.45, 2.75) is 25.9 Å². The molecule has 1 unspecified atom stereocenters.